The first-order valence-electron chi connectivity index (χ1n) is 10.9. The van der Waals surface area contributed by atoms with Crippen LogP contribution in [0.25, 0.3) is 0 Å². The predicted molar refractivity (Wildman–Crippen MR) is 116 cm³/mol. The maximum Gasteiger partial charge on any atom is 0.251 e. The van der Waals surface area contributed by atoms with Gasteiger partial charge in [-0.2, -0.15) is 0 Å². The van der Waals surface area contributed by atoms with Crippen molar-refractivity contribution in [3.05, 3.63) is 53.5 Å². The Balaban J connectivity index is 1.28. The second-order valence-electron chi connectivity index (χ2n) is 8.63. The smallest absolute Gasteiger partial charge is 0.251 e. The Hall–Kier alpha value is -2.51. The van der Waals surface area contributed by atoms with Gasteiger partial charge >= 0.3 is 0 Å². The van der Waals surface area contributed by atoms with Crippen LogP contribution in [-0.2, 0) is 6.54 Å². The summed E-state index contributed by atoms with van der Waals surface area (Å²) in [5.41, 5.74) is 1.80. The third-order valence-corrected chi connectivity index (χ3v) is 6.09. The van der Waals surface area contributed by atoms with E-state index in [9.17, 15) is 9.90 Å². The molecule has 2 fully saturated rings. The number of benzene rings is 1. The number of nitrogens with one attached hydrogen (secondary N) is 1. The van der Waals surface area contributed by atoms with Crippen LogP contribution in [-0.4, -0.2) is 64.2 Å². The number of likely N-dealkylation sites (tertiary alicyclic amines) is 1. The van der Waals surface area contributed by atoms with Crippen LogP contribution in [0, 0.1) is 6.92 Å². The van der Waals surface area contributed by atoms with Gasteiger partial charge in [0.05, 0.1) is 0 Å². The molecule has 0 spiro atoms. The first-order valence-corrected chi connectivity index (χ1v) is 10.9. The van der Waals surface area contributed by atoms with Gasteiger partial charge < -0.3 is 15.3 Å². The first-order chi connectivity index (χ1) is 14.5. The lowest BCUT2D eigenvalue weighted by Crippen LogP contribution is -2.45. The normalized spacial score (nSPS) is 22.3. The highest BCUT2D eigenvalue weighted by Gasteiger charge is 2.37. The number of aliphatic hydroxyl groups is 1. The molecule has 0 unspecified atom stereocenters. The van der Waals surface area contributed by atoms with E-state index < -0.39 is 5.60 Å². The number of nitrogens with zero attached hydrogens (tertiary/aromatic N) is 4. The van der Waals surface area contributed by atoms with Crippen LogP contribution >= 0.6 is 0 Å². The van der Waals surface area contributed by atoms with E-state index in [1.165, 1.54) is 24.8 Å². The van der Waals surface area contributed by atoms with Crippen molar-refractivity contribution in [3.63, 3.8) is 0 Å². The van der Waals surface area contributed by atoms with E-state index in [2.05, 4.69) is 20.2 Å². The average molecular weight is 410 g/mol. The maximum absolute atomic E-state index is 12.6. The standard InChI is InChI=1S/C23H31N5O2/c1-18-13-21(26-17-25-18)28-12-9-23(30,16-28)15-24-22(29)20-7-5-19(6-8-20)14-27-10-3-2-4-11-27/h5-8,13,17,30H,2-4,9-12,14-16H2,1H3,(H,24,29)/t23-/m0/s1. The molecule has 0 aliphatic carbocycles. The number of aryl methyl sites for hydroxylation is 1. The Kier molecular flexibility index (Phi) is 6.29. The van der Waals surface area contributed by atoms with Gasteiger partial charge in [-0.25, -0.2) is 9.97 Å². The number of carbonyl (C=O) groups excluding carboxylic acids is 1. The van der Waals surface area contributed by atoms with E-state index in [1.807, 2.05) is 42.2 Å². The zero-order valence-corrected chi connectivity index (χ0v) is 17.7. The Bertz CT molecular complexity index is 866. The number of anilines is 1. The summed E-state index contributed by atoms with van der Waals surface area (Å²) < 4.78 is 0. The van der Waals surface area contributed by atoms with Crippen LogP contribution in [0.2, 0.25) is 0 Å². The summed E-state index contributed by atoms with van der Waals surface area (Å²) in [7, 11) is 0. The maximum atomic E-state index is 12.6. The number of amides is 1. The quantitative estimate of drug-likeness (QED) is 0.761. The summed E-state index contributed by atoms with van der Waals surface area (Å²) in [5, 5.41) is 13.8. The van der Waals surface area contributed by atoms with Crippen LogP contribution < -0.4 is 10.2 Å². The monoisotopic (exact) mass is 409 g/mol. The molecule has 1 amide bonds. The van der Waals surface area contributed by atoms with Crippen molar-refractivity contribution in [2.45, 2.75) is 44.8 Å². The molecule has 3 heterocycles. The summed E-state index contributed by atoms with van der Waals surface area (Å²) in [6.07, 6.45) is 6.01. The molecule has 1 aromatic carbocycles. The molecule has 0 saturated carbocycles. The molecule has 7 heteroatoms. The van der Waals surface area contributed by atoms with E-state index >= 15 is 0 Å². The fraction of sp³-hybridized carbons (Fsp3) is 0.522. The topological polar surface area (TPSA) is 81.6 Å². The second-order valence-corrected chi connectivity index (χ2v) is 8.63. The number of aromatic nitrogens is 2. The van der Waals surface area contributed by atoms with Crippen LogP contribution in [0.15, 0.2) is 36.7 Å². The zero-order chi connectivity index (χ0) is 21.0. The molecular weight excluding hydrogens is 378 g/mol. The number of rotatable bonds is 6. The van der Waals surface area contributed by atoms with Gasteiger partial charge in [0.2, 0.25) is 0 Å². The van der Waals surface area contributed by atoms with Crippen molar-refractivity contribution in [2.75, 3.05) is 37.6 Å². The van der Waals surface area contributed by atoms with Crippen LogP contribution in [0.3, 0.4) is 0 Å². The summed E-state index contributed by atoms with van der Waals surface area (Å²) in [6, 6.07) is 9.74. The molecule has 4 rings (SSSR count). The average Bonchev–Trinajstić information content (AvgIpc) is 3.16. The van der Waals surface area contributed by atoms with Gasteiger partial charge in [0.1, 0.15) is 17.7 Å². The van der Waals surface area contributed by atoms with Crippen molar-refractivity contribution in [1.29, 1.82) is 0 Å². The molecule has 30 heavy (non-hydrogen) atoms. The lowest BCUT2D eigenvalue weighted by molar-refractivity contribution is 0.0575. The number of hydrogen-bond acceptors (Lipinski definition) is 6. The Morgan fingerprint density at radius 3 is 2.63 bits per heavy atom. The minimum Gasteiger partial charge on any atom is -0.386 e. The molecule has 0 radical (unpaired) electrons. The molecular formula is C23H31N5O2. The molecule has 0 bridgehead atoms. The largest absolute Gasteiger partial charge is 0.386 e. The van der Waals surface area contributed by atoms with Crippen molar-refractivity contribution < 1.29 is 9.90 Å². The van der Waals surface area contributed by atoms with Crippen LogP contribution in [0.5, 0.6) is 0 Å². The Morgan fingerprint density at radius 1 is 1.13 bits per heavy atom. The Morgan fingerprint density at radius 2 is 1.90 bits per heavy atom. The molecule has 2 N–H and O–H groups in total. The first kappa shape index (κ1) is 20.8. The van der Waals surface area contributed by atoms with Crippen molar-refractivity contribution in [3.8, 4) is 0 Å². The van der Waals surface area contributed by atoms with Crippen LogP contribution in [0.4, 0.5) is 5.82 Å². The highest BCUT2D eigenvalue weighted by molar-refractivity contribution is 5.94. The minimum atomic E-state index is -0.956. The van der Waals surface area contributed by atoms with Gasteiger partial charge in [-0.1, -0.05) is 18.6 Å². The highest BCUT2D eigenvalue weighted by atomic mass is 16.3. The van der Waals surface area contributed by atoms with E-state index in [1.54, 1.807) is 6.33 Å². The third kappa shape index (κ3) is 5.15. The summed E-state index contributed by atoms with van der Waals surface area (Å²) >= 11 is 0. The van der Waals surface area contributed by atoms with Gasteiger partial charge in [0.15, 0.2) is 0 Å². The lowest BCUT2D eigenvalue weighted by atomic mass is 10.0. The van der Waals surface area contributed by atoms with Crippen molar-refractivity contribution >= 4 is 11.7 Å². The summed E-state index contributed by atoms with van der Waals surface area (Å²) in [6.45, 7) is 6.55. The molecule has 2 aliphatic heterocycles. The number of piperidine rings is 1. The van der Waals surface area contributed by atoms with Gasteiger partial charge in [-0.3, -0.25) is 9.69 Å². The summed E-state index contributed by atoms with van der Waals surface area (Å²) in [4.78, 5) is 25.5. The SMILES string of the molecule is Cc1cc(N2CC[C@](O)(CNC(=O)c3ccc(CN4CCCCC4)cc3)C2)ncn1. The molecule has 7 nitrogen and oxygen atoms in total. The predicted octanol–water partition coefficient (Wildman–Crippen LogP) is 2.14. The minimum absolute atomic E-state index is 0.149. The fourth-order valence-electron chi connectivity index (χ4n) is 4.29. The van der Waals surface area contributed by atoms with Crippen LogP contribution in [0.1, 0.15) is 47.3 Å². The van der Waals surface area contributed by atoms with Gasteiger partial charge in [0, 0.05) is 43.5 Å². The number of carbonyl (C=O) groups is 1. The zero-order valence-electron chi connectivity index (χ0n) is 17.7. The fourth-order valence-corrected chi connectivity index (χ4v) is 4.29. The second kappa shape index (κ2) is 9.10. The summed E-state index contributed by atoms with van der Waals surface area (Å²) in [5.74, 6) is 0.665. The third-order valence-electron chi connectivity index (χ3n) is 6.09. The Labute approximate surface area is 178 Å². The lowest BCUT2D eigenvalue weighted by Gasteiger charge is -2.26. The number of β-amino-alcohol motifs (C(OH)–C–C–N with tert-alkyl or cyclic N) is 1. The van der Waals surface area contributed by atoms with E-state index in [0.29, 0.717) is 25.1 Å². The molecule has 2 aromatic rings. The molecule has 2 aliphatic rings. The van der Waals surface area contributed by atoms with E-state index in [4.69, 9.17) is 0 Å². The van der Waals surface area contributed by atoms with E-state index in [-0.39, 0.29) is 12.5 Å². The molecule has 2 saturated heterocycles. The van der Waals surface area contributed by atoms with Gasteiger partial charge in [-0.15, -0.1) is 0 Å². The highest BCUT2D eigenvalue weighted by Crippen LogP contribution is 2.25. The molecule has 1 aromatic heterocycles. The van der Waals surface area contributed by atoms with E-state index in [0.717, 1.165) is 31.1 Å². The van der Waals surface area contributed by atoms with Crippen molar-refractivity contribution in [1.82, 2.24) is 20.2 Å². The van der Waals surface area contributed by atoms with Crippen molar-refractivity contribution in [2.24, 2.45) is 0 Å². The molecule has 1 atom stereocenters. The van der Waals surface area contributed by atoms with Gasteiger partial charge in [0.25, 0.3) is 5.91 Å². The molecule has 160 valence electrons. The number of hydrogen-bond donors (Lipinski definition) is 2. The van der Waals surface area contributed by atoms with Gasteiger partial charge in [-0.05, 0) is 57.0 Å².